The number of hydrogen-bond acceptors (Lipinski definition) is 7. The van der Waals surface area contributed by atoms with E-state index in [4.69, 9.17) is 4.74 Å². The number of ether oxygens (including phenoxy) is 1. The lowest BCUT2D eigenvalue weighted by Crippen LogP contribution is -2.54. The van der Waals surface area contributed by atoms with Gasteiger partial charge in [0.2, 0.25) is 17.7 Å². The van der Waals surface area contributed by atoms with Crippen LogP contribution in [-0.4, -0.2) is 76.7 Å². The number of amides is 4. The summed E-state index contributed by atoms with van der Waals surface area (Å²) in [6, 6.07) is 10.4. The molecular weight excluding hydrogens is 556 g/mol. The van der Waals surface area contributed by atoms with Crippen molar-refractivity contribution in [2.24, 2.45) is 11.8 Å². The van der Waals surface area contributed by atoms with E-state index in [1.165, 1.54) is 28.1 Å². The maximum Gasteiger partial charge on any atom is 0.414 e. The average molecular weight is 597 g/mol. The van der Waals surface area contributed by atoms with E-state index in [9.17, 15) is 24.0 Å². The van der Waals surface area contributed by atoms with Gasteiger partial charge in [-0.25, -0.2) is 4.79 Å². The fourth-order valence-electron chi connectivity index (χ4n) is 5.73. The van der Waals surface area contributed by atoms with Gasteiger partial charge >= 0.3 is 6.09 Å². The number of rotatable bonds is 10. The molecule has 2 aromatic rings. The van der Waals surface area contributed by atoms with Crippen LogP contribution >= 0.6 is 11.3 Å². The van der Waals surface area contributed by atoms with Gasteiger partial charge < -0.3 is 25.2 Å². The zero-order valence-corrected chi connectivity index (χ0v) is 25.6. The molecule has 2 aliphatic heterocycles. The van der Waals surface area contributed by atoms with Gasteiger partial charge in [0.1, 0.15) is 18.1 Å². The maximum absolute atomic E-state index is 13.8. The number of ketones is 1. The molecule has 1 aromatic heterocycles. The number of likely N-dealkylation sites (tertiary alicyclic amines) is 2. The Hall–Kier alpha value is -3.73. The zero-order valence-electron chi connectivity index (χ0n) is 24.8. The minimum Gasteiger partial charge on any atom is -0.399 e. The largest absolute Gasteiger partial charge is 0.414 e. The van der Waals surface area contributed by atoms with Gasteiger partial charge in [-0.2, -0.15) is 0 Å². The summed E-state index contributed by atoms with van der Waals surface area (Å²) in [6.45, 7) is 9.26. The third-order valence-corrected chi connectivity index (χ3v) is 8.97. The van der Waals surface area contributed by atoms with Crippen LogP contribution in [0, 0.1) is 11.8 Å². The third kappa shape index (κ3) is 7.00. The summed E-state index contributed by atoms with van der Waals surface area (Å²) in [7, 11) is 0. The minimum absolute atomic E-state index is 0.0790. The highest BCUT2D eigenvalue weighted by Gasteiger charge is 2.53. The molecule has 5 atom stereocenters. The number of thiophene rings is 1. The van der Waals surface area contributed by atoms with Crippen LogP contribution < -0.4 is 15.4 Å². The van der Waals surface area contributed by atoms with Crippen molar-refractivity contribution in [1.29, 1.82) is 0 Å². The van der Waals surface area contributed by atoms with Crippen LogP contribution in [0.3, 0.4) is 0 Å². The molecule has 11 heteroatoms. The summed E-state index contributed by atoms with van der Waals surface area (Å²) in [5.41, 5.74) is 1.01. The number of Topliss-reactive ketones (excluding diaryl/α,β-unsaturated/α-hetero) is 1. The second kappa shape index (κ2) is 13.5. The van der Waals surface area contributed by atoms with E-state index in [1.807, 2.05) is 64.1 Å². The summed E-state index contributed by atoms with van der Waals surface area (Å²) in [5.74, 6) is -1.24. The Morgan fingerprint density at radius 2 is 1.71 bits per heavy atom. The van der Waals surface area contributed by atoms with Gasteiger partial charge in [0.05, 0.1) is 12.6 Å². The van der Waals surface area contributed by atoms with Crippen molar-refractivity contribution < 1.29 is 28.7 Å². The molecule has 42 heavy (non-hydrogen) atoms. The van der Waals surface area contributed by atoms with Gasteiger partial charge in [0.25, 0.3) is 0 Å². The third-order valence-electron chi connectivity index (χ3n) is 7.96. The fourth-order valence-corrected chi connectivity index (χ4v) is 6.59. The van der Waals surface area contributed by atoms with E-state index in [1.54, 1.807) is 6.07 Å². The normalized spacial score (nSPS) is 20.2. The van der Waals surface area contributed by atoms with Gasteiger partial charge in [-0.15, -0.1) is 0 Å². The Morgan fingerprint density at radius 1 is 1.00 bits per heavy atom. The van der Waals surface area contributed by atoms with Gasteiger partial charge in [0, 0.05) is 18.3 Å². The number of benzene rings is 1. The zero-order chi connectivity index (χ0) is 30.6. The Kier molecular flexibility index (Phi) is 10.0. The second-order valence-corrected chi connectivity index (χ2v) is 12.6. The standard InChI is InChI=1S/C31H40N4O6S/c1-6-19(4)27(32-20(5)36)30(39)35-17-24(37)28-23(35)14-15-34(28)29(38)22(16-18(2)3)33-31(40)41-26-13-12-25(42-26)21-10-8-7-9-11-21/h7-13,18-19,22-23,27-28H,6,14-17H2,1-5H3,(H,32,36)(H,33,40). The molecule has 4 amide bonds. The lowest BCUT2D eigenvalue weighted by Gasteiger charge is -2.31. The highest BCUT2D eigenvalue weighted by atomic mass is 32.1. The lowest BCUT2D eigenvalue weighted by atomic mass is 9.97. The van der Waals surface area contributed by atoms with Crippen LogP contribution in [0.2, 0.25) is 0 Å². The quantitative estimate of drug-likeness (QED) is 0.429. The van der Waals surface area contributed by atoms with Gasteiger partial charge in [-0.3, -0.25) is 19.2 Å². The molecule has 0 radical (unpaired) electrons. The first kappa shape index (κ1) is 31.2. The lowest BCUT2D eigenvalue weighted by molar-refractivity contribution is -0.139. The molecular formula is C31H40N4O6S. The van der Waals surface area contributed by atoms with Crippen LogP contribution in [0.15, 0.2) is 42.5 Å². The van der Waals surface area contributed by atoms with E-state index in [-0.39, 0.29) is 48.4 Å². The molecule has 0 spiro atoms. The van der Waals surface area contributed by atoms with Crippen molar-refractivity contribution in [2.75, 3.05) is 13.1 Å². The predicted octanol–water partition coefficient (Wildman–Crippen LogP) is 3.85. The minimum atomic E-state index is -0.894. The molecule has 2 saturated heterocycles. The molecule has 1 aromatic carbocycles. The first-order valence-corrected chi connectivity index (χ1v) is 15.4. The SMILES string of the molecule is CCC(C)C(NC(C)=O)C(=O)N1CC(=O)C2C1CCN2C(=O)C(CC(C)C)NC(=O)Oc1ccc(-c2ccccc2)s1. The molecule has 0 bridgehead atoms. The van der Waals surface area contributed by atoms with Crippen molar-refractivity contribution in [3.8, 4) is 15.5 Å². The van der Waals surface area contributed by atoms with Crippen LogP contribution in [0.25, 0.3) is 10.4 Å². The van der Waals surface area contributed by atoms with Crippen LogP contribution in [-0.2, 0) is 19.2 Å². The van der Waals surface area contributed by atoms with Gasteiger partial charge in [-0.1, -0.05) is 75.8 Å². The van der Waals surface area contributed by atoms with Crippen LogP contribution in [0.5, 0.6) is 5.06 Å². The summed E-state index contributed by atoms with van der Waals surface area (Å²) in [4.78, 5) is 69.2. The Morgan fingerprint density at radius 3 is 2.36 bits per heavy atom. The summed E-state index contributed by atoms with van der Waals surface area (Å²) in [5, 5.41) is 5.88. The number of fused-ring (bicyclic) bond motifs is 1. The topological polar surface area (TPSA) is 125 Å². The summed E-state index contributed by atoms with van der Waals surface area (Å²) in [6.07, 6.45) is 0.732. The van der Waals surface area contributed by atoms with Crippen molar-refractivity contribution in [2.45, 2.75) is 78.0 Å². The summed E-state index contributed by atoms with van der Waals surface area (Å²) < 4.78 is 5.53. The smallest absolute Gasteiger partial charge is 0.399 e. The van der Waals surface area contributed by atoms with E-state index >= 15 is 0 Å². The maximum atomic E-state index is 13.8. The molecule has 5 unspecified atom stereocenters. The first-order chi connectivity index (χ1) is 20.0. The van der Waals surface area contributed by atoms with Gasteiger partial charge in [-0.05, 0) is 42.4 Å². The number of carbonyl (C=O) groups excluding carboxylic acids is 5. The van der Waals surface area contributed by atoms with E-state index in [0.717, 1.165) is 10.4 Å². The molecule has 3 heterocycles. The molecule has 2 N–H and O–H groups in total. The highest BCUT2D eigenvalue weighted by molar-refractivity contribution is 7.17. The number of hydrogen-bond donors (Lipinski definition) is 2. The fraction of sp³-hybridized carbons (Fsp3) is 0.516. The number of nitrogens with one attached hydrogen (secondary N) is 2. The molecule has 10 nitrogen and oxygen atoms in total. The molecule has 0 saturated carbocycles. The van der Waals surface area contributed by atoms with E-state index < -0.39 is 30.3 Å². The van der Waals surface area contributed by atoms with Crippen LogP contribution in [0.4, 0.5) is 4.79 Å². The Balaban J connectivity index is 1.45. The average Bonchev–Trinajstić information content (AvgIpc) is 3.67. The van der Waals surface area contributed by atoms with Crippen molar-refractivity contribution in [3.05, 3.63) is 42.5 Å². The second-order valence-electron chi connectivity index (χ2n) is 11.5. The molecule has 4 rings (SSSR count). The predicted molar refractivity (Wildman–Crippen MR) is 160 cm³/mol. The summed E-state index contributed by atoms with van der Waals surface area (Å²) >= 11 is 1.33. The van der Waals surface area contributed by atoms with Crippen molar-refractivity contribution in [3.63, 3.8) is 0 Å². The van der Waals surface area contributed by atoms with Crippen LogP contribution in [0.1, 0.15) is 53.9 Å². The molecule has 2 aliphatic rings. The van der Waals surface area contributed by atoms with Crippen molar-refractivity contribution in [1.82, 2.24) is 20.4 Å². The monoisotopic (exact) mass is 596 g/mol. The highest BCUT2D eigenvalue weighted by Crippen LogP contribution is 2.34. The Labute approximate surface area is 250 Å². The molecule has 226 valence electrons. The molecule has 0 aliphatic carbocycles. The van der Waals surface area contributed by atoms with E-state index in [0.29, 0.717) is 24.3 Å². The van der Waals surface area contributed by atoms with Crippen molar-refractivity contribution >= 4 is 40.9 Å². The van der Waals surface area contributed by atoms with E-state index in [2.05, 4.69) is 10.6 Å². The number of carbonyl (C=O) groups is 5. The first-order valence-electron chi connectivity index (χ1n) is 14.5. The number of nitrogens with zero attached hydrogens (tertiary/aromatic N) is 2. The van der Waals surface area contributed by atoms with Gasteiger partial charge in [0.15, 0.2) is 10.8 Å². The molecule has 2 fully saturated rings. The Bertz CT molecular complexity index is 1310.